The minimum Gasteiger partial charge on any atom is -0.366 e. The topological polar surface area (TPSA) is 69.9 Å². The zero-order valence-electron chi connectivity index (χ0n) is 15.6. The molecule has 2 aromatic heterocycles. The maximum absolute atomic E-state index is 12.6. The molecular formula is C19H23N7O. The number of carbonyl (C=O) groups excluding carboxylic acids is 1. The van der Waals surface area contributed by atoms with E-state index in [1.165, 1.54) is 0 Å². The summed E-state index contributed by atoms with van der Waals surface area (Å²) in [5.41, 5.74) is 3.67. The monoisotopic (exact) mass is 365 g/mol. The smallest absolute Gasteiger partial charge is 0.240 e. The van der Waals surface area contributed by atoms with E-state index in [-0.39, 0.29) is 5.91 Å². The van der Waals surface area contributed by atoms with Crippen molar-refractivity contribution in [3.05, 3.63) is 48.4 Å². The Morgan fingerprint density at radius 1 is 1.15 bits per heavy atom. The zero-order chi connectivity index (χ0) is 18.8. The Hall–Kier alpha value is -3.00. The number of aryl methyl sites for hydroxylation is 1. The molecule has 1 aliphatic rings. The van der Waals surface area contributed by atoms with Crippen molar-refractivity contribution in [3.63, 3.8) is 0 Å². The number of amides is 1. The molecule has 1 aromatic carbocycles. The van der Waals surface area contributed by atoms with Gasteiger partial charge < -0.3 is 9.80 Å². The summed E-state index contributed by atoms with van der Waals surface area (Å²) in [4.78, 5) is 18.8. The van der Waals surface area contributed by atoms with Crippen LogP contribution in [-0.2, 0) is 4.79 Å². The van der Waals surface area contributed by atoms with Gasteiger partial charge in [0.25, 0.3) is 0 Å². The van der Waals surface area contributed by atoms with Gasteiger partial charge in [-0.05, 0) is 25.1 Å². The van der Waals surface area contributed by atoms with Crippen LogP contribution in [0.2, 0.25) is 0 Å². The van der Waals surface area contributed by atoms with Crippen LogP contribution >= 0.6 is 0 Å². The number of benzene rings is 1. The highest BCUT2D eigenvalue weighted by Crippen LogP contribution is 2.22. The Kier molecular flexibility index (Phi) is 4.72. The van der Waals surface area contributed by atoms with Crippen LogP contribution in [0.3, 0.4) is 0 Å². The normalized spacial score (nSPS) is 15.3. The molecule has 4 rings (SSSR count). The van der Waals surface area contributed by atoms with Crippen molar-refractivity contribution in [2.45, 2.75) is 6.92 Å². The second kappa shape index (κ2) is 7.32. The van der Waals surface area contributed by atoms with Crippen LogP contribution in [0.15, 0.2) is 42.7 Å². The molecule has 27 heavy (non-hydrogen) atoms. The van der Waals surface area contributed by atoms with Crippen LogP contribution in [0.1, 0.15) is 5.69 Å². The average Bonchev–Trinajstić information content (AvgIpc) is 3.16. The number of hydrogen-bond acceptors (Lipinski definition) is 6. The second-order valence-corrected chi connectivity index (χ2v) is 6.82. The van der Waals surface area contributed by atoms with Gasteiger partial charge in [0.2, 0.25) is 11.6 Å². The molecule has 1 aliphatic heterocycles. The number of anilines is 2. The minimum atomic E-state index is 0.106. The van der Waals surface area contributed by atoms with Gasteiger partial charge in [-0.2, -0.15) is 9.61 Å². The zero-order valence-corrected chi connectivity index (χ0v) is 15.6. The molecule has 0 saturated carbocycles. The lowest BCUT2D eigenvalue weighted by Crippen LogP contribution is -2.50. The van der Waals surface area contributed by atoms with E-state index in [1.54, 1.807) is 15.7 Å². The van der Waals surface area contributed by atoms with E-state index in [0.717, 1.165) is 48.9 Å². The predicted molar refractivity (Wildman–Crippen MR) is 104 cm³/mol. The number of carbonyl (C=O) groups is 1. The first-order valence-electron chi connectivity index (χ1n) is 9.08. The molecule has 8 heteroatoms. The van der Waals surface area contributed by atoms with Crippen molar-refractivity contribution in [1.82, 2.24) is 24.7 Å². The van der Waals surface area contributed by atoms with Crippen LogP contribution in [0.25, 0.3) is 5.65 Å². The van der Waals surface area contributed by atoms with Crippen molar-refractivity contribution in [3.8, 4) is 0 Å². The highest BCUT2D eigenvalue weighted by atomic mass is 16.2. The molecule has 1 saturated heterocycles. The number of fused-ring (bicyclic) bond motifs is 1. The van der Waals surface area contributed by atoms with Crippen molar-refractivity contribution in [2.24, 2.45) is 0 Å². The van der Waals surface area contributed by atoms with E-state index >= 15 is 0 Å². The second-order valence-electron chi connectivity index (χ2n) is 6.82. The maximum Gasteiger partial charge on any atom is 0.240 e. The molecule has 3 heterocycles. The molecule has 0 spiro atoms. The van der Waals surface area contributed by atoms with Gasteiger partial charge in [-0.1, -0.05) is 18.2 Å². The molecule has 3 aromatic rings. The van der Waals surface area contributed by atoms with Crippen molar-refractivity contribution in [2.75, 3.05) is 49.6 Å². The molecule has 0 radical (unpaired) electrons. The Bertz CT molecular complexity index is 932. The van der Waals surface area contributed by atoms with Gasteiger partial charge >= 0.3 is 0 Å². The minimum absolute atomic E-state index is 0.106. The third-order valence-electron chi connectivity index (χ3n) is 4.96. The number of rotatable bonds is 4. The number of likely N-dealkylation sites (N-methyl/N-ethyl adjacent to an activating group) is 1. The Labute approximate surface area is 158 Å². The number of aromatic nitrogens is 4. The summed E-state index contributed by atoms with van der Waals surface area (Å²) in [6.45, 7) is 5.74. The SMILES string of the molecule is Cc1cc(N2CCN(CC(=O)N(C)c3ccccc3)CC2)c2nncn2n1. The Morgan fingerprint density at radius 2 is 1.89 bits per heavy atom. The predicted octanol–water partition coefficient (Wildman–Crippen LogP) is 1.22. The standard InChI is InChI=1S/C19H23N7O/c1-15-12-17(19-21-20-14-26(19)22-15)25-10-8-24(9-11-25)13-18(27)23(2)16-6-4-3-5-7-16/h3-7,12,14H,8-11,13H2,1-2H3. The van der Waals surface area contributed by atoms with Gasteiger partial charge in [0.05, 0.1) is 17.9 Å². The molecule has 0 aliphatic carbocycles. The summed E-state index contributed by atoms with van der Waals surface area (Å²) in [6, 6.07) is 11.8. The van der Waals surface area contributed by atoms with Crippen molar-refractivity contribution in [1.29, 1.82) is 0 Å². The van der Waals surface area contributed by atoms with Gasteiger partial charge in [-0.15, -0.1) is 10.2 Å². The van der Waals surface area contributed by atoms with E-state index in [4.69, 9.17) is 0 Å². The van der Waals surface area contributed by atoms with E-state index in [1.807, 2.05) is 50.4 Å². The average molecular weight is 365 g/mol. The summed E-state index contributed by atoms with van der Waals surface area (Å²) in [6.07, 6.45) is 1.63. The van der Waals surface area contributed by atoms with Crippen LogP contribution in [-0.4, -0.2) is 70.4 Å². The van der Waals surface area contributed by atoms with E-state index in [9.17, 15) is 4.79 Å². The number of para-hydroxylation sites is 1. The third kappa shape index (κ3) is 3.61. The quantitative estimate of drug-likeness (QED) is 0.692. The summed E-state index contributed by atoms with van der Waals surface area (Å²) in [5, 5.41) is 12.6. The molecule has 1 amide bonds. The van der Waals surface area contributed by atoms with Crippen LogP contribution < -0.4 is 9.80 Å². The third-order valence-corrected chi connectivity index (χ3v) is 4.96. The fraction of sp³-hybridized carbons (Fsp3) is 0.368. The van der Waals surface area contributed by atoms with Crippen LogP contribution in [0.4, 0.5) is 11.4 Å². The van der Waals surface area contributed by atoms with Crippen LogP contribution in [0.5, 0.6) is 0 Å². The number of nitrogens with zero attached hydrogens (tertiary/aromatic N) is 7. The molecule has 1 fully saturated rings. The number of hydrogen-bond donors (Lipinski definition) is 0. The highest BCUT2D eigenvalue weighted by molar-refractivity contribution is 5.94. The fourth-order valence-corrected chi connectivity index (χ4v) is 3.41. The molecule has 0 bridgehead atoms. The van der Waals surface area contributed by atoms with Crippen molar-refractivity contribution < 1.29 is 4.79 Å². The summed E-state index contributed by atoms with van der Waals surface area (Å²) < 4.78 is 1.72. The fourth-order valence-electron chi connectivity index (χ4n) is 3.41. The van der Waals surface area contributed by atoms with Gasteiger partial charge in [0, 0.05) is 38.9 Å². The Balaban J connectivity index is 1.39. The van der Waals surface area contributed by atoms with Crippen LogP contribution in [0, 0.1) is 6.92 Å². The molecular weight excluding hydrogens is 342 g/mol. The lowest BCUT2D eigenvalue weighted by Gasteiger charge is -2.36. The molecule has 140 valence electrons. The van der Waals surface area contributed by atoms with Gasteiger partial charge in [0.15, 0.2) is 0 Å². The van der Waals surface area contributed by atoms with Gasteiger partial charge in [-0.3, -0.25) is 9.69 Å². The molecule has 8 nitrogen and oxygen atoms in total. The Morgan fingerprint density at radius 3 is 2.63 bits per heavy atom. The molecule has 0 atom stereocenters. The van der Waals surface area contributed by atoms with E-state index in [0.29, 0.717) is 6.54 Å². The van der Waals surface area contributed by atoms with Crippen molar-refractivity contribution >= 4 is 22.9 Å². The highest BCUT2D eigenvalue weighted by Gasteiger charge is 2.23. The molecule has 0 unspecified atom stereocenters. The van der Waals surface area contributed by atoms with Gasteiger partial charge in [0.1, 0.15) is 6.33 Å². The lowest BCUT2D eigenvalue weighted by atomic mass is 10.2. The lowest BCUT2D eigenvalue weighted by molar-refractivity contribution is -0.119. The summed E-state index contributed by atoms with van der Waals surface area (Å²) in [7, 11) is 1.83. The maximum atomic E-state index is 12.6. The molecule has 0 N–H and O–H groups in total. The largest absolute Gasteiger partial charge is 0.366 e. The summed E-state index contributed by atoms with van der Waals surface area (Å²) >= 11 is 0. The first kappa shape index (κ1) is 17.4. The first-order valence-corrected chi connectivity index (χ1v) is 9.08. The van der Waals surface area contributed by atoms with E-state index in [2.05, 4.69) is 25.1 Å². The summed E-state index contributed by atoms with van der Waals surface area (Å²) in [5.74, 6) is 0.106. The van der Waals surface area contributed by atoms with E-state index < -0.39 is 0 Å². The first-order chi connectivity index (χ1) is 13.1. The van der Waals surface area contributed by atoms with Gasteiger partial charge in [-0.25, -0.2) is 0 Å². The number of piperazine rings is 1.